The van der Waals surface area contributed by atoms with Gasteiger partial charge in [0, 0.05) is 6.08 Å². The Labute approximate surface area is 84.7 Å². The van der Waals surface area contributed by atoms with Gasteiger partial charge >= 0.3 is 0 Å². The summed E-state index contributed by atoms with van der Waals surface area (Å²) >= 11 is 0. The highest BCUT2D eigenvalue weighted by atomic mass is 16.1. The normalized spacial score (nSPS) is 7.86. The minimum Gasteiger partial charge on any atom is -0.366 e. The van der Waals surface area contributed by atoms with Crippen molar-refractivity contribution in [1.82, 2.24) is 0 Å². The number of hydrogen-bond acceptors (Lipinski definition) is 2. The van der Waals surface area contributed by atoms with Gasteiger partial charge < -0.3 is 11.5 Å². The molecule has 0 rings (SSSR count). The van der Waals surface area contributed by atoms with E-state index in [1.165, 1.54) is 6.08 Å². The molecule has 0 fully saturated rings. The Bertz CT molecular complexity index is 226. The van der Waals surface area contributed by atoms with E-state index in [0.717, 1.165) is 24.5 Å². The number of allylic oxidation sites excluding steroid dienone is 1. The lowest BCUT2D eigenvalue weighted by Gasteiger charge is -1.95. The van der Waals surface area contributed by atoms with Gasteiger partial charge in [-0.25, -0.2) is 0 Å². The molecule has 0 aliphatic heterocycles. The molecular weight excluding hydrogens is 180 g/mol. The van der Waals surface area contributed by atoms with Crippen LogP contribution in [-0.2, 0) is 9.59 Å². The van der Waals surface area contributed by atoms with Crippen LogP contribution in [0.25, 0.3) is 0 Å². The third-order valence-electron chi connectivity index (χ3n) is 1.46. The molecule has 0 radical (unpaired) electrons. The van der Waals surface area contributed by atoms with E-state index in [4.69, 9.17) is 5.73 Å². The summed E-state index contributed by atoms with van der Waals surface area (Å²) < 4.78 is 0. The summed E-state index contributed by atoms with van der Waals surface area (Å²) in [6.07, 6.45) is 4.39. The minimum absolute atomic E-state index is 0.339. The lowest BCUT2D eigenvalue weighted by Crippen LogP contribution is -2.06. The van der Waals surface area contributed by atoms with Gasteiger partial charge in [-0.2, -0.15) is 0 Å². The molecule has 0 unspecified atom stereocenters. The summed E-state index contributed by atoms with van der Waals surface area (Å²) in [6.45, 7) is 7.11. The quantitative estimate of drug-likeness (QED) is 0.657. The highest BCUT2D eigenvalue weighted by molar-refractivity contribution is 5.86. The van der Waals surface area contributed by atoms with Gasteiger partial charge in [-0.3, -0.25) is 9.59 Å². The summed E-state index contributed by atoms with van der Waals surface area (Å²) in [7, 11) is 0. The van der Waals surface area contributed by atoms with Gasteiger partial charge in [-0.15, -0.1) is 0 Å². The molecule has 4 nitrogen and oxygen atoms in total. The molecular formula is C10H18N2O2. The molecule has 0 heterocycles. The highest BCUT2D eigenvalue weighted by Gasteiger charge is 1.91. The van der Waals surface area contributed by atoms with Crippen molar-refractivity contribution in [2.45, 2.75) is 26.7 Å². The number of rotatable bonds is 4. The Hall–Kier alpha value is -1.58. The van der Waals surface area contributed by atoms with Crippen molar-refractivity contribution in [3.05, 3.63) is 24.3 Å². The van der Waals surface area contributed by atoms with Gasteiger partial charge in [0.15, 0.2) is 0 Å². The molecule has 0 bridgehead atoms. The van der Waals surface area contributed by atoms with E-state index in [1.807, 2.05) is 13.8 Å². The number of primary amides is 2. The smallest absolute Gasteiger partial charge is 0.241 e. The lowest BCUT2D eigenvalue weighted by atomic mass is 10.1. The molecule has 0 saturated carbocycles. The standard InChI is InChI=1S/C7H13NO.C3H5NO/c1-3-6(4-2)5-7(8)9;1-2-3(4)5/h5H,3-4H2,1-2H3,(H2,8,9);2H,1H2,(H2,4,5). The molecule has 0 aromatic rings. The summed E-state index contributed by atoms with van der Waals surface area (Å²) in [6, 6.07) is 0. The fraction of sp³-hybridized carbons (Fsp3) is 0.400. The Morgan fingerprint density at radius 3 is 1.57 bits per heavy atom. The van der Waals surface area contributed by atoms with Gasteiger partial charge in [0.2, 0.25) is 11.8 Å². The van der Waals surface area contributed by atoms with Crippen LogP contribution in [0, 0.1) is 0 Å². The summed E-state index contributed by atoms with van der Waals surface area (Å²) in [4.78, 5) is 19.7. The fourth-order valence-electron chi connectivity index (χ4n) is 0.655. The van der Waals surface area contributed by atoms with Crippen molar-refractivity contribution in [3.8, 4) is 0 Å². The van der Waals surface area contributed by atoms with Crippen LogP contribution in [0.1, 0.15) is 26.7 Å². The average Bonchev–Trinajstić information content (AvgIpc) is 2.14. The van der Waals surface area contributed by atoms with Crippen LogP contribution >= 0.6 is 0 Å². The zero-order valence-electron chi connectivity index (χ0n) is 8.75. The third kappa shape index (κ3) is 13.0. The van der Waals surface area contributed by atoms with E-state index in [9.17, 15) is 9.59 Å². The Morgan fingerprint density at radius 1 is 1.14 bits per heavy atom. The first-order chi connectivity index (χ1) is 6.47. The Balaban J connectivity index is 0. The molecule has 0 aliphatic carbocycles. The molecule has 2 amide bonds. The van der Waals surface area contributed by atoms with E-state index in [2.05, 4.69) is 12.3 Å². The van der Waals surface area contributed by atoms with Gasteiger partial charge in [-0.1, -0.05) is 26.0 Å². The van der Waals surface area contributed by atoms with Crippen LogP contribution in [0.2, 0.25) is 0 Å². The van der Waals surface area contributed by atoms with E-state index in [1.54, 1.807) is 0 Å². The van der Waals surface area contributed by atoms with Crippen molar-refractivity contribution < 1.29 is 9.59 Å². The van der Waals surface area contributed by atoms with E-state index in [0.29, 0.717) is 0 Å². The van der Waals surface area contributed by atoms with Crippen molar-refractivity contribution in [2.75, 3.05) is 0 Å². The predicted octanol–water partition coefficient (Wildman–Crippen LogP) is 0.876. The Kier molecular flexibility index (Phi) is 10.1. The predicted molar refractivity (Wildman–Crippen MR) is 57.3 cm³/mol. The molecule has 0 saturated heterocycles. The minimum atomic E-state index is -0.481. The summed E-state index contributed by atoms with van der Waals surface area (Å²) in [5.74, 6) is -0.821. The van der Waals surface area contributed by atoms with Crippen molar-refractivity contribution >= 4 is 11.8 Å². The lowest BCUT2D eigenvalue weighted by molar-refractivity contribution is -0.114. The number of carbonyl (C=O) groups excluding carboxylic acids is 2. The van der Waals surface area contributed by atoms with E-state index < -0.39 is 5.91 Å². The van der Waals surface area contributed by atoms with E-state index in [-0.39, 0.29) is 5.91 Å². The number of amides is 2. The average molecular weight is 198 g/mol. The van der Waals surface area contributed by atoms with Crippen LogP contribution in [0.3, 0.4) is 0 Å². The molecule has 0 aromatic carbocycles. The van der Waals surface area contributed by atoms with Gasteiger partial charge in [-0.05, 0) is 18.9 Å². The summed E-state index contributed by atoms with van der Waals surface area (Å²) in [5.41, 5.74) is 10.6. The zero-order valence-corrected chi connectivity index (χ0v) is 8.75. The first-order valence-corrected chi connectivity index (χ1v) is 4.38. The van der Waals surface area contributed by atoms with Gasteiger partial charge in [0.25, 0.3) is 0 Å². The van der Waals surface area contributed by atoms with Crippen molar-refractivity contribution in [2.24, 2.45) is 11.5 Å². The molecule has 0 spiro atoms. The second kappa shape index (κ2) is 9.51. The second-order valence-corrected chi connectivity index (χ2v) is 2.52. The van der Waals surface area contributed by atoms with Crippen LogP contribution in [-0.4, -0.2) is 11.8 Å². The maximum atomic E-state index is 10.3. The molecule has 80 valence electrons. The first-order valence-electron chi connectivity index (χ1n) is 4.38. The third-order valence-corrected chi connectivity index (χ3v) is 1.46. The molecule has 0 aromatic heterocycles. The maximum absolute atomic E-state index is 10.3. The van der Waals surface area contributed by atoms with Crippen molar-refractivity contribution in [3.63, 3.8) is 0 Å². The zero-order chi connectivity index (χ0) is 11.6. The van der Waals surface area contributed by atoms with Gasteiger partial charge in [0.1, 0.15) is 0 Å². The van der Waals surface area contributed by atoms with Gasteiger partial charge in [0.05, 0.1) is 0 Å². The van der Waals surface area contributed by atoms with E-state index >= 15 is 0 Å². The van der Waals surface area contributed by atoms with Crippen LogP contribution in [0.5, 0.6) is 0 Å². The number of nitrogens with two attached hydrogens (primary N) is 2. The monoisotopic (exact) mass is 198 g/mol. The van der Waals surface area contributed by atoms with Crippen molar-refractivity contribution in [1.29, 1.82) is 0 Å². The summed E-state index contributed by atoms with van der Waals surface area (Å²) in [5, 5.41) is 0. The first kappa shape index (κ1) is 14.9. The number of carbonyl (C=O) groups is 2. The molecule has 0 aliphatic rings. The SMILES string of the molecule is C=CC(N)=O.CCC(=CC(N)=O)CC. The molecule has 0 atom stereocenters. The fourth-order valence-corrected chi connectivity index (χ4v) is 0.655. The van der Waals surface area contributed by atoms with Crippen LogP contribution < -0.4 is 11.5 Å². The largest absolute Gasteiger partial charge is 0.366 e. The topological polar surface area (TPSA) is 86.2 Å². The van der Waals surface area contributed by atoms with Crippen LogP contribution in [0.15, 0.2) is 24.3 Å². The number of hydrogen-bond donors (Lipinski definition) is 2. The molecule has 4 N–H and O–H groups in total. The second-order valence-electron chi connectivity index (χ2n) is 2.52. The molecule has 14 heavy (non-hydrogen) atoms. The van der Waals surface area contributed by atoms with Crippen LogP contribution in [0.4, 0.5) is 0 Å². The maximum Gasteiger partial charge on any atom is 0.241 e. The Morgan fingerprint density at radius 2 is 1.50 bits per heavy atom. The molecule has 4 heteroatoms. The highest BCUT2D eigenvalue weighted by Crippen LogP contribution is 2.03.